The van der Waals surface area contributed by atoms with Gasteiger partial charge in [0.05, 0.1) is 26.2 Å². The SMILES string of the molecule is COc1n[nH]c(NC(=O)CC2CCC3(CCOCC3)CO2)n1. The van der Waals surface area contributed by atoms with Crippen LogP contribution in [0.5, 0.6) is 6.01 Å². The number of carbonyl (C=O) groups excluding carboxylic acids is 1. The molecule has 1 amide bonds. The highest BCUT2D eigenvalue weighted by Crippen LogP contribution is 2.40. The van der Waals surface area contributed by atoms with E-state index < -0.39 is 0 Å². The number of amides is 1. The summed E-state index contributed by atoms with van der Waals surface area (Å²) in [6.07, 6.45) is 4.43. The lowest BCUT2D eigenvalue weighted by Gasteiger charge is -2.42. The molecule has 2 aliphatic rings. The molecule has 3 rings (SSSR count). The standard InChI is InChI=1S/C14H22N4O4/c1-20-13-16-12(17-18-13)15-11(19)8-10-2-3-14(9-22-10)4-6-21-7-5-14/h10H,2-9H2,1H3,(H2,15,16,17,18,19). The molecule has 22 heavy (non-hydrogen) atoms. The zero-order valence-corrected chi connectivity index (χ0v) is 12.8. The monoisotopic (exact) mass is 310 g/mol. The molecule has 1 aromatic rings. The van der Waals surface area contributed by atoms with E-state index in [9.17, 15) is 4.79 Å². The van der Waals surface area contributed by atoms with Crippen LogP contribution in [0.15, 0.2) is 0 Å². The number of hydrogen-bond acceptors (Lipinski definition) is 6. The van der Waals surface area contributed by atoms with Crippen molar-refractivity contribution in [3.8, 4) is 6.01 Å². The fourth-order valence-electron chi connectivity index (χ4n) is 3.06. The zero-order chi connectivity index (χ0) is 15.4. The van der Waals surface area contributed by atoms with Crippen LogP contribution in [0.1, 0.15) is 32.1 Å². The lowest BCUT2D eigenvalue weighted by atomic mass is 9.75. The van der Waals surface area contributed by atoms with Gasteiger partial charge in [0.25, 0.3) is 0 Å². The van der Waals surface area contributed by atoms with Crippen LogP contribution in [0.4, 0.5) is 5.95 Å². The van der Waals surface area contributed by atoms with E-state index in [-0.39, 0.29) is 23.4 Å². The first kappa shape index (κ1) is 15.2. The third-order valence-corrected chi connectivity index (χ3v) is 4.49. The first-order valence-electron chi connectivity index (χ1n) is 7.65. The molecule has 2 N–H and O–H groups in total. The summed E-state index contributed by atoms with van der Waals surface area (Å²) >= 11 is 0. The van der Waals surface area contributed by atoms with Crippen molar-refractivity contribution >= 4 is 11.9 Å². The minimum absolute atomic E-state index is 0.0294. The molecule has 2 saturated heterocycles. The number of ether oxygens (including phenoxy) is 3. The third kappa shape index (κ3) is 3.56. The van der Waals surface area contributed by atoms with E-state index in [4.69, 9.17) is 14.2 Å². The number of H-pyrrole nitrogens is 1. The molecule has 0 aromatic carbocycles. The Balaban J connectivity index is 1.44. The van der Waals surface area contributed by atoms with Gasteiger partial charge in [-0.25, -0.2) is 5.10 Å². The summed E-state index contributed by atoms with van der Waals surface area (Å²) in [5, 5.41) is 9.04. The van der Waals surface area contributed by atoms with Gasteiger partial charge in [0.15, 0.2) is 0 Å². The molecule has 0 aliphatic carbocycles. The van der Waals surface area contributed by atoms with Crippen LogP contribution in [0.25, 0.3) is 0 Å². The molecule has 0 saturated carbocycles. The Kier molecular flexibility index (Phi) is 4.58. The van der Waals surface area contributed by atoms with E-state index in [1.807, 2.05) is 0 Å². The van der Waals surface area contributed by atoms with Crippen LogP contribution in [0.2, 0.25) is 0 Å². The number of rotatable bonds is 4. The van der Waals surface area contributed by atoms with Crippen molar-refractivity contribution in [2.24, 2.45) is 5.41 Å². The zero-order valence-electron chi connectivity index (χ0n) is 12.8. The predicted molar refractivity (Wildman–Crippen MR) is 77.6 cm³/mol. The van der Waals surface area contributed by atoms with Gasteiger partial charge in [-0.1, -0.05) is 0 Å². The fourth-order valence-corrected chi connectivity index (χ4v) is 3.06. The Labute approximate surface area is 128 Å². The Morgan fingerprint density at radius 2 is 2.27 bits per heavy atom. The Morgan fingerprint density at radius 1 is 1.45 bits per heavy atom. The second kappa shape index (κ2) is 6.62. The van der Waals surface area contributed by atoms with Gasteiger partial charge < -0.3 is 14.2 Å². The van der Waals surface area contributed by atoms with Crippen molar-refractivity contribution in [1.82, 2.24) is 15.2 Å². The Morgan fingerprint density at radius 3 is 2.91 bits per heavy atom. The number of nitrogens with zero attached hydrogens (tertiary/aromatic N) is 2. The van der Waals surface area contributed by atoms with Crippen LogP contribution in [0.3, 0.4) is 0 Å². The molecule has 1 aromatic heterocycles. The van der Waals surface area contributed by atoms with Crippen LogP contribution in [-0.2, 0) is 14.3 Å². The molecule has 8 heteroatoms. The smallest absolute Gasteiger partial charge is 0.336 e. The summed E-state index contributed by atoms with van der Waals surface area (Å²) in [6.45, 7) is 2.37. The van der Waals surface area contributed by atoms with Crippen LogP contribution in [0, 0.1) is 5.41 Å². The number of nitrogens with one attached hydrogen (secondary N) is 2. The van der Waals surface area contributed by atoms with Crippen molar-refractivity contribution < 1.29 is 19.0 Å². The Hall–Kier alpha value is -1.67. The van der Waals surface area contributed by atoms with Gasteiger partial charge in [-0.05, 0) is 31.1 Å². The van der Waals surface area contributed by atoms with Crippen LogP contribution in [-0.4, -0.2) is 54.1 Å². The minimum Gasteiger partial charge on any atom is -0.466 e. The molecule has 0 radical (unpaired) electrons. The number of aromatic nitrogens is 3. The summed E-state index contributed by atoms with van der Waals surface area (Å²) in [6, 6.07) is 0.200. The third-order valence-electron chi connectivity index (χ3n) is 4.49. The lowest BCUT2D eigenvalue weighted by Crippen LogP contribution is -2.41. The number of hydrogen-bond donors (Lipinski definition) is 2. The molecule has 1 spiro atoms. The fraction of sp³-hybridized carbons (Fsp3) is 0.786. The molecule has 1 atom stereocenters. The van der Waals surface area contributed by atoms with Crippen molar-refractivity contribution in [3.05, 3.63) is 0 Å². The van der Waals surface area contributed by atoms with Crippen LogP contribution >= 0.6 is 0 Å². The van der Waals surface area contributed by atoms with Gasteiger partial charge in [0, 0.05) is 13.2 Å². The summed E-state index contributed by atoms with van der Waals surface area (Å²) in [5.41, 5.74) is 0.267. The lowest BCUT2D eigenvalue weighted by molar-refractivity contribution is -0.128. The minimum atomic E-state index is -0.133. The number of methoxy groups -OCH3 is 1. The van der Waals surface area contributed by atoms with Crippen molar-refractivity contribution in [3.63, 3.8) is 0 Å². The number of carbonyl (C=O) groups is 1. The van der Waals surface area contributed by atoms with E-state index in [2.05, 4.69) is 20.5 Å². The van der Waals surface area contributed by atoms with Crippen molar-refractivity contribution in [1.29, 1.82) is 0 Å². The maximum absolute atomic E-state index is 12.0. The van der Waals surface area contributed by atoms with E-state index in [0.29, 0.717) is 12.4 Å². The van der Waals surface area contributed by atoms with Gasteiger partial charge in [-0.15, -0.1) is 5.10 Å². The molecule has 8 nitrogen and oxygen atoms in total. The molecule has 2 aliphatic heterocycles. The average molecular weight is 310 g/mol. The maximum atomic E-state index is 12.0. The van der Waals surface area contributed by atoms with Crippen molar-refractivity contribution in [2.45, 2.75) is 38.2 Å². The Bertz CT molecular complexity index is 503. The molecular formula is C14H22N4O4. The molecule has 122 valence electrons. The molecule has 2 fully saturated rings. The van der Waals surface area contributed by atoms with E-state index >= 15 is 0 Å². The first-order chi connectivity index (χ1) is 10.7. The first-order valence-corrected chi connectivity index (χ1v) is 7.65. The van der Waals surface area contributed by atoms with E-state index in [1.165, 1.54) is 7.11 Å². The highest BCUT2D eigenvalue weighted by molar-refractivity contribution is 5.89. The summed E-state index contributed by atoms with van der Waals surface area (Å²) in [4.78, 5) is 16.0. The highest BCUT2D eigenvalue weighted by atomic mass is 16.5. The van der Waals surface area contributed by atoms with Gasteiger partial charge in [-0.3, -0.25) is 10.1 Å². The second-order valence-corrected chi connectivity index (χ2v) is 6.01. The largest absolute Gasteiger partial charge is 0.466 e. The van der Waals surface area contributed by atoms with Crippen molar-refractivity contribution in [2.75, 3.05) is 32.2 Å². The van der Waals surface area contributed by atoms with E-state index in [0.717, 1.165) is 45.5 Å². The average Bonchev–Trinajstić information content (AvgIpc) is 2.98. The summed E-state index contributed by atoms with van der Waals surface area (Å²) in [5.74, 6) is 0.158. The normalized spacial score (nSPS) is 24.1. The van der Waals surface area contributed by atoms with Gasteiger partial charge in [-0.2, -0.15) is 4.98 Å². The summed E-state index contributed by atoms with van der Waals surface area (Å²) < 4.78 is 16.2. The number of aromatic amines is 1. The predicted octanol–water partition coefficient (Wildman–Crippen LogP) is 1.12. The highest BCUT2D eigenvalue weighted by Gasteiger charge is 2.37. The maximum Gasteiger partial charge on any atom is 0.336 e. The topological polar surface area (TPSA) is 98.4 Å². The second-order valence-electron chi connectivity index (χ2n) is 6.01. The molecule has 0 bridgehead atoms. The molecule has 1 unspecified atom stereocenters. The summed E-state index contributed by atoms with van der Waals surface area (Å²) in [7, 11) is 1.47. The van der Waals surface area contributed by atoms with Gasteiger partial charge in [0.1, 0.15) is 0 Å². The van der Waals surface area contributed by atoms with Gasteiger partial charge in [0.2, 0.25) is 11.9 Å². The number of anilines is 1. The van der Waals surface area contributed by atoms with E-state index in [1.54, 1.807) is 0 Å². The van der Waals surface area contributed by atoms with Crippen LogP contribution < -0.4 is 10.1 Å². The molecule has 3 heterocycles. The quantitative estimate of drug-likeness (QED) is 0.864. The molecular weight excluding hydrogens is 288 g/mol. The van der Waals surface area contributed by atoms with Gasteiger partial charge >= 0.3 is 6.01 Å².